The van der Waals surface area contributed by atoms with Gasteiger partial charge in [-0.15, -0.1) is 0 Å². The van der Waals surface area contributed by atoms with E-state index in [0.29, 0.717) is 25.9 Å². The van der Waals surface area contributed by atoms with Gasteiger partial charge in [0.05, 0.1) is 18.7 Å². The average molecular weight is 360 g/mol. The molecule has 2 aliphatic rings. The van der Waals surface area contributed by atoms with Crippen LogP contribution in [0, 0.1) is 12.3 Å². The summed E-state index contributed by atoms with van der Waals surface area (Å²) in [6.45, 7) is 8.93. The van der Waals surface area contributed by atoms with Crippen LogP contribution in [0.4, 0.5) is 4.79 Å². The second-order valence-electron chi connectivity index (χ2n) is 8.23. The summed E-state index contributed by atoms with van der Waals surface area (Å²) in [6, 6.07) is 5.61. The van der Waals surface area contributed by atoms with Crippen molar-refractivity contribution < 1.29 is 19.4 Å². The molecule has 0 bridgehead atoms. The van der Waals surface area contributed by atoms with Gasteiger partial charge in [0.1, 0.15) is 5.75 Å². The van der Waals surface area contributed by atoms with Crippen molar-refractivity contribution in [2.75, 3.05) is 20.2 Å². The summed E-state index contributed by atoms with van der Waals surface area (Å²) in [6.07, 6.45) is 0.191. The van der Waals surface area contributed by atoms with Crippen molar-refractivity contribution in [2.24, 2.45) is 5.41 Å². The number of rotatable bonds is 2. The van der Waals surface area contributed by atoms with Crippen molar-refractivity contribution in [1.29, 1.82) is 0 Å². The third-order valence-electron chi connectivity index (χ3n) is 6.09. The van der Waals surface area contributed by atoms with Crippen LogP contribution in [-0.4, -0.2) is 53.1 Å². The Labute approximate surface area is 154 Å². The van der Waals surface area contributed by atoms with Gasteiger partial charge in [0, 0.05) is 19.5 Å². The first-order valence-corrected chi connectivity index (χ1v) is 9.10. The second-order valence-corrected chi connectivity index (χ2v) is 8.23. The highest BCUT2D eigenvalue weighted by molar-refractivity contribution is 5.80. The Bertz CT molecular complexity index is 740. The summed E-state index contributed by atoms with van der Waals surface area (Å²) in [5.74, 6) is 0.854. The number of hydrogen-bond acceptors (Lipinski definition) is 3. The Morgan fingerprint density at radius 3 is 2.58 bits per heavy atom. The van der Waals surface area contributed by atoms with E-state index in [9.17, 15) is 14.7 Å². The molecule has 0 saturated carbocycles. The van der Waals surface area contributed by atoms with E-state index in [-0.39, 0.29) is 11.9 Å². The van der Waals surface area contributed by atoms with Crippen LogP contribution in [0.1, 0.15) is 44.7 Å². The van der Waals surface area contributed by atoms with Gasteiger partial charge in [-0.2, -0.15) is 0 Å². The molecule has 2 saturated heterocycles. The lowest BCUT2D eigenvalue weighted by atomic mass is 9.61. The molecular formula is C20H28N2O4. The number of nitrogens with zero attached hydrogens (tertiary/aromatic N) is 2. The van der Waals surface area contributed by atoms with Gasteiger partial charge in [0.2, 0.25) is 5.91 Å². The van der Waals surface area contributed by atoms with Crippen molar-refractivity contribution in [2.45, 2.75) is 52.1 Å². The zero-order valence-electron chi connectivity index (χ0n) is 16.2. The Kier molecular flexibility index (Phi) is 4.41. The van der Waals surface area contributed by atoms with Crippen molar-refractivity contribution in [1.82, 2.24) is 9.80 Å². The van der Waals surface area contributed by atoms with E-state index < -0.39 is 17.0 Å². The van der Waals surface area contributed by atoms with Gasteiger partial charge in [-0.25, -0.2) is 4.79 Å². The molecule has 2 heterocycles. The number of fused-ring (bicyclic) bond motifs is 1. The quantitative estimate of drug-likeness (QED) is 0.879. The smallest absolute Gasteiger partial charge is 0.408 e. The molecule has 26 heavy (non-hydrogen) atoms. The van der Waals surface area contributed by atoms with Gasteiger partial charge in [-0.1, -0.05) is 32.9 Å². The summed E-state index contributed by atoms with van der Waals surface area (Å²) in [4.78, 5) is 28.2. The number of carbonyl (C=O) groups excluding carboxylic acids is 1. The highest BCUT2D eigenvalue weighted by Crippen LogP contribution is 2.54. The Hall–Kier alpha value is -2.24. The van der Waals surface area contributed by atoms with Crippen LogP contribution in [0.2, 0.25) is 0 Å². The van der Waals surface area contributed by atoms with Gasteiger partial charge in [0.15, 0.2) is 0 Å². The number of ether oxygens (including phenoxy) is 1. The van der Waals surface area contributed by atoms with E-state index in [2.05, 4.69) is 20.8 Å². The summed E-state index contributed by atoms with van der Waals surface area (Å²) in [5, 5.41) is 10.1. The van der Waals surface area contributed by atoms with Crippen LogP contribution in [0.25, 0.3) is 0 Å². The van der Waals surface area contributed by atoms with Crippen LogP contribution in [0.5, 0.6) is 5.75 Å². The molecule has 0 unspecified atom stereocenters. The fourth-order valence-corrected chi connectivity index (χ4v) is 5.14. The highest BCUT2D eigenvalue weighted by atomic mass is 16.5. The number of hydrogen-bond donors (Lipinski definition) is 1. The summed E-state index contributed by atoms with van der Waals surface area (Å²) >= 11 is 0. The molecular weight excluding hydrogens is 332 g/mol. The molecule has 2 aliphatic heterocycles. The molecule has 3 rings (SSSR count). The molecule has 2 fully saturated rings. The van der Waals surface area contributed by atoms with Crippen LogP contribution >= 0.6 is 0 Å². The van der Waals surface area contributed by atoms with E-state index in [0.717, 1.165) is 16.9 Å². The molecule has 1 aromatic carbocycles. The number of amides is 2. The van der Waals surface area contributed by atoms with E-state index in [1.807, 2.05) is 30.0 Å². The number of piperazine rings is 1. The molecule has 6 heteroatoms. The lowest BCUT2D eigenvalue weighted by Crippen LogP contribution is -2.70. The molecule has 1 aromatic rings. The predicted molar refractivity (Wildman–Crippen MR) is 98.3 cm³/mol. The summed E-state index contributed by atoms with van der Waals surface area (Å²) < 4.78 is 5.52. The highest BCUT2D eigenvalue weighted by Gasteiger charge is 2.62. The Morgan fingerprint density at radius 1 is 1.31 bits per heavy atom. The van der Waals surface area contributed by atoms with Crippen molar-refractivity contribution in [3.63, 3.8) is 0 Å². The maximum Gasteiger partial charge on any atom is 0.408 e. The van der Waals surface area contributed by atoms with E-state index >= 15 is 0 Å². The van der Waals surface area contributed by atoms with E-state index in [4.69, 9.17) is 4.74 Å². The summed E-state index contributed by atoms with van der Waals surface area (Å²) in [5.41, 5.74) is 0.603. The maximum absolute atomic E-state index is 12.5. The van der Waals surface area contributed by atoms with Gasteiger partial charge in [-0.3, -0.25) is 9.69 Å². The van der Waals surface area contributed by atoms with E-state index in [1.54, 1.807) is 12.0 Å². The van der Waals surface area contributed by atoms with Crippen molar-refractivity contribution >= 4 is 12.0 Å². The molecule has 6 nitrogen and oxygen atoms in total. The molecule has 0 aromatic heterocycles. The Balaban J connectivity index is 2.34. The molecule has 0 radical (unpaired) electrons. The first-order chi connectivity index (χ1) is 12.2. The number of carboxylic acid groups (broad SMARTS) is 1. The molecule has 2 atom stereocenters. The minimum atomic E-state index is -0.943. The molecule has 142 valence electrons. The van der Waals surface area contributed by atoms with Gasteiger partial charge in [0.25, 0.3) is 0 Å². The van der Waals surface area contributed by atoms with Gasteiger partial charge >= 0.3 is 6.09 Å². The van der Waals surface area contributed by atoms with Crippen molar-refractivity contribution in [3.05, 3.63) is 29.3 Å². The first kappa shape index (κ1) is 18.5. The standard InChI is InChI=1S/C20H28N2O4/c1-13-14(7-6-8-15(13)26-5)20(19(2,3)4)16-9-10-17(23)21(16)11-12-22(20)18(24)25/h6-8,16H,9-12H2,1-5H3,(H,24,25)/t16-,20-/m0/s1. The molecule has 1 N–H and O–H groups in total. The minimum Gasteiger partial charge on any atom is -0.496 e. The van der Waals surface area contributed by atoms with Crippen LogP contribution in [0.15, 0.2) is 18.2 Å². The topological polar surface area (TPSA) is 70.1 Å². The number of carbonyl (C=O) groups is 2. The monoisotopic (exact) mass is 360 g/mol. The SMILES string of the molecule is COc1cccc([C@@]2(C(C)(C)C)[C@@H]3CCC(=O)N3CCN2C(=O)O)c1C. The van der Waals surface area contributed by atoms with Gasteiger partial charge < -0.3 is 14.7 Å². The fourth-order valence-electron chi connectivity index (χ4n) is 5.14. The lowest BCUT2D eigenvalue weighted by Gasteiger charge is -2.60. The zero-order chi connectivity index (χ0) is 19.3. The normalized spacial score (nSPS) is 26.0. The van der Waals surface area contributed by atoms with Crippen LogP contribution < -0.4 is 4.74 Å². The number of benzene rings is 1. The van der Waals surface area contributed by atoms with Gasteiger partial charge in [-0.05, 0) is 36.0 Å². The predicted octanol–water partition coefficient (Wildman–Crippen LogP) is 3.23. The van der Waals surface area contributed by atoms with Crippen molar-refractivity contribution in [3.8, 4) is 5.75 Å². The Morgan fingerprint density at radius 2 is 2.00 bits per heavy atom. The molecule has 0 spiro atoms. The minimum absolute atomic E-state index is 0.120. The average Bonchev–Trinajstić information content (AvgIpc) is 2.94. The largest absolute Gasteiger partial charge is 0.496 e. The summed E-state index contributed by atoms with van der Waals surface area (Å²) in [7, 11) is 1.62. The third kappa shape index (κ3) is 2.38. The van der Waals surface area contributed by atoms with Crippen LogP contribution in [-0.2, 0) is 10.3 Å². The first-order valence-electron chi connectivity index (χ1n) is 9.10. The lowest BCUT2D eigenvalue weighted by molar-refractivity contribution is -0.141. The third-order valence-corrected chi connectivity index (χ3v) is 6.09. The van der Waals surface area contributed by atoms with E-state index in [1.165, 1.54) is 0 Å². The maximum atomic E-state index is 12.5. The fraction of sp³-hybridized carbons (Fsp3) is 0.600. The zero-order valence-corrected chi connectivity index (χ0v) is 16.2. The van der Waals surface area contributed by atoms with Crippen LogP contribution in [0.3, 0.4) is 0 Å². The molecule has 2 amide bonds. The number of methoxy groups -OCH3 is 1. The second kappa shape index (κ2) is 6.18. The molecule has 0 aliphatic carbocycles.